The zero-order valence-electron chi connectivity index (χ0n) is 4.95. The molecule has 2 rings (SSSR count). The van der Waals surface area contributed by atoms with Crippen molar-refractivity contribution in [2.24, 2.45) is 11.7 Å². The summed E-state index contributed by atoms with van der Waals surface area (Å²) in [6.45, 7) is 0. The summed E-state index contributed by atoms with van der Waals surface area (Å²) in [6.07, 6.45) is 0.800. The average molecular weight is 147 g/mol. The van der Waals surface area contributed by atoms with Crippen LogP contribution in [0.15, 0.2) is 0 Å². The number of hydrogen-bond acceptors (Lipinski definition) is 3. The second-order valence-electron chi connectivity index (χ2n) is 2.86. The fourth-order valence-electron chi connectivity index (χ4n) is 1.67. The minimum absolute atomic E-state index is 0.0243. The molecule has 3 unspecified atom stereocenters. The zero-order valence-corrected chi connectivity index (χ0v) is 5.76. The molecule has 0 amide bonds. The van der Waals surface area contributed by atoms with Crippen LogP contribution < -0.4 is 5.73 Å². The van der Waals surface area contributed by atoms with E-state index in [0.717, 1.165) is 6.42 Å². The largest absolute Gasteiger partial charge is 0.326 e. The van der Waals surface area contributed by atoms with Crippen molar-refractivity contribution in [1.29, 1.82) is 0 Å². The van der Waals surface area contributed by atoms with Gasteiger partial charge in [-0.15, -0.1) is 0 Å². The Hall–Kier alpha value is -0.0900. The van der Waals surface area contributed by atoms with Crippen molar-refractivity contribution in [3.05, 3.63) is 0 Å². The third kappa shape index (κ3) is 0.576. The van der Waals surface area contributed by atoms with Crippen molar-refractivity contribution in [2.75, 3.05) is 5.75 Å². The van der Waals surface area contributed by atoms with Crippen LogP contribution in [0.5, 0.6) is 0 Å². The predicted molar refractivity (Wildman–Crippen MR) is 33.7 cm³/mol. The molecule has 0 aromatic heterocycles. The first-order valence-electron chi connectivity index (χ1n) is 3.10. The predicted octanol–water partition coefficient (Wildman–Crippen LogP) is -0.869. The summed E-state index contributed by atoms with van der Waals surface area (Å²) < 4.78 is 21.9. The third-order valence-electron chi connectivity index (χ3n) is 2.31. The molecule has 4 heteroatoms. The molecular weight excluding hydrogens is 138 g/mol. The van der Waals surface area contributed by atoms with E-state index in [1.165, 1.54) is 0 Å². The normalized spacial score (nSPS) is 52.8. The Labute approximate surface area is 54.2 Å². The fourth-order valence-corrected chi connectivity index (χ4v) is 3.98. The summed E-state index contributed by atoms with van der Waals surface area (Å²) in [5.74, 6) is 0.686. The van der Waals surface area contributed by atoms with Crippen molar-refractivity contribution in [3.8, 4) is 0 Å². The van der Waals surface area contributed by atoms with Gasteiger partial charge in [0.1, 0.15) is 0 Å². The smallest absolute Gasteiger partial charge is 0.155 e. The lowest BCUT2D eigenvalue weighted by atomic mass is 10.3. The fraction of sp³-hybridized carbons (Fsp3) is 1.00. The summed E-state index contributed by atoms with van der Waals surface area (Å²) in [5.41, 5.74) is 5.47. The number of sulfone groups is 1. The highest BCUT2D eigenvalue weighted by Crippen LogP contribution is 2.45. The van der Waals surface area contributed by atoms with Gasteiger partial charge in [0, 0.05) is 6.04 Å². The molecule has 1 heterocycles. The van der Waals surface area contributed by atoms with E-state index in [0.29, 0.717) is 11.7 Å². The molecule has 1 saturated heterocycles. The van der Waals surface area contributed by atoms with Crippen molar-refractivity contribution < 1.29 is 8.42 Å². The van der Waals surface area contributed by atoms with Crippen LogP contribution in [0.4, 0.5) is 0 Å². The van der Waals surface area contributed by atoms with Crippen LogP contribution in [0.3, 0.4) is 0 Å². The van der Waals surface area contributed by atoms with Crippen LogP contribution in [0.25, 0.3) is 0 Å². The van der Waals surface area contributed by atoms with Gasteiger partial charge in [-0.3, -0.25) is 0 Å². The Morgan fingerprint density at radius 3 is 2.33 bits per heavy atom. The molecule has 2 fully saturated rings. The van der Waals surface area contributed by atoms with E-state index in [4.69, 9.17) is 5.73 Å². The first kappa shape index (κ1) is 5.68. The Balaban J connectivity index is 2.36. The van der Waals surface area contributed by atoms with Crippen LogP contribution >= 0.6 is 0 Å². The second-order valence-corrected chi connectivity index (χ2v) is 5.14. The lowest BCUT2D eigenvalue weighted by molar-refractivity contribution is 0.596. The minimum Gasteiger partial charge on any atom is -0.326 e. The lowest BCUT2D eigenvalue weighted by Gasteiger charge is -1.94. The highest BCUT2D eigenvalue weighted by Gasteiger charge is 2.60. The van der Waals surface area contributed by atoms with Gasteiger partial charge in [-0.25, -0.2) is 8.42 Å². The summed E-state index contributed by atoms with van der Waals surface area (Å²) in [4.78, 5) is 0. The number of fused-ring (bicyclic) bond motifs is 1. The van der Waals surface area contributed by atoms with Crippen LogP contribution in [0.2, 0.25) is 0 Å². The van der Waals surface area contributed by atoms with Crippen molar-refractivity contribution in [3.63, 3.8) is 0 Å². The van der Waals surface area contributed by atoms with Gasteiger partial charge in [-0.1, -0.05) is 0 Å². The van der Waals surface area contributed by atoms with Crippen LogP contribution in [0.1, 0.15) is 6.42 Å². The summed E-state index contributed by atoms with van der Waals surface area (Å²) in [5, 5.41) is -0.155. The Kier molecular flexibility index (Phi) is 0.833. The molecule has 2 aliphatic rings. The topological polar surface area (TPSA) is 60.2 Å². The molecule has 0 spiro atoms. The van der Waals surface area contributed by atoms with E-state index in [-0.39, 0.29) is 11.3 Å². The molecular formula is C5H9NO2S. The Morgan fingerprint density at radius 2 is 2.11 bits per heavy atom. The van der Waals surface area contributed by atoms with Crippen molar-refractivity contribution in [2.45, 2.75) is 17.7 Å². The second kappa shape index (κ2) is 1.32. The van der Waals surface area contributed by atoms with Gasteiger partial charge < -0.3 is 5.73 Å². The summed E-state index contributed by atoms with van der Waals surface area (Å²) in [7, 11) is -2.73. The highest BCUT2D eigenvalue weighted by atomic mass is 32.2. The van der Waals surface area contributed by atoms with E-state index in [2.05, 4.69) is 0 Å². The van der Waals surface area contributed by atoms with Gasteiger partial charge in [0.2, 0.25) is 0 Å². The molecule has 1 aliphatic heterocycles. The average Bonchev–Trinajstić information content (AvgIpc) is 2.24. The zero-order chi connectivity index (χ0) is 6.65. The standard InChI is InChI=1S/C5H9NO2S/c6-4-3-1-2-9(7,8)5(3)4/h3-5H,1-2,6H2. The monoisotopic (exact) mass is 147 g/mol. The Bertz CT molecular complexity index is 233. The number of hydrogen-bond donors (Lipinski definition) is 1. The molecule has 2 N–H and O–H groups in total. The van der Waals surface area contributed by atoms with E-state index in [1.807, 2.05) is 0 Å². The van der Waals surface area contributed by atoms with Crippen LogP contribution in [-0.2, 0) is 9.84 Å². The first-order chi connectivity index (χ1) is 4.13. The molecule has 1 saturated carbocycles. The molecule has 0 aromatic carbocycles. The van der Waals surface area contributed by atoms with Gasteiger partial charge in [-0.2, -0.15) is 0 Å². The molecule has 9 heavy (non-hydrogen) atoms. The molecule has 0 aromatic rings. The van der Waals surface area contributed by atoms with Gasteiger partial charge >= 0.3 is 0 Å². The molecule has 52 valence electrons. The van der Waals surface area contributed by atoms with E-state index in [1.54, 1.807) is 0 Å². The van der Waals surface area contributed by atoms with E-state index in [9.17, 15) is 8.42 Å². The van der Waals surface area contributed by atoms with Gasteiger partial charge in [-0.05, 0) is 12.3 Å². The SMILES string of the molecule is NC1C2CCS(=O)(=O)C12. The maximum absolute atomic E-state index is 10.9. The Morgan fingerprint density at radius 1 is 1.44 bits per heavy atom. The lowest BCUT2D eigenvalue weighted by Crippen LogP contribution is -2.18. The minimum atomic E-state index is -2.73. The van der Waals surface area contributed by atoms with Gasteiger partial charge in [0.25, 0.3) is 0 Å². The molecule has 3 atom stereocenters. The van der Waals surface area contributed by atoms with Crippen molar-refractivity contribution in [1.82, 2.24) is 0 Å². The molecule has 1 aliphatic carbocycles. The van der Waals surface area contributed by atoms with Gasteiger partial charge in [0.15, 0.2) is 9.84 Å². The van der Waals surface area contributed by atoms with Gasteiger partial charge in [0.05, 0.1) is 11.0 Å². The van der Waals surface area contributed by atoms with Crippen LogP contribution in [0, 0.1) is 5.92 Å². The van der Waals surface area contributed by atoms with E-state index < -0.39 is 9.84 Å². The quantitative estimate of drug-likeness (QED) is 0.484. The summed E-state index contributed by atoms with van der Waals surface area (Å²) >= 11 is 0. The van der Waals surface area contributed by atoms with Crippen molar-refractivity contribution >= 4 is 9.84 Å². The van der Waals surface area contributed by atoms with E-state index >= 15 is 0 Å². The number of nitrogens with two attached hydrogens (primary N) is 1. The molecule has 3 nitrogen and oxygen atoms in total. The first-order valence-corrected chi connectivity index (χ1v) is 4.81. The highest BCUT2D eigenvalue weighted by molar-refractivity contribution is 7.92. The number of rotatable bonds is 0. The molecule has 0 radical (unpaired) electrons. The summed E-state index contributed by atoms with van der Waals surface area (Å²) in [6, 6.07) is -0.0243. The maximum atomic E-state index is 10.9. The third-order valence-corrected chi connectivity index (χ3v) is 4.60. The van der Waals surface area contributed by atoms with Crippen LogP contribution in [-0.4, -0.2) is 25.5 Å². The molecule has 0 bridgehead atoms. The maximum Gasteiger partial charge on any atom is 0.155 e.